The van der Waals surface area contributed by atoms with E-state index in [-0.39, 0.29) is 11.0 Å². The summed E-state index contributed by atoms with van der Waals surface area (Å²) in [5.74, 6) is 0. The Morgan fingerprint density at radius 1 is 1.00 bits per heavy atom. The molecular weight excluding hydrogens is 194 g/mol. The number of hydrogen-bond acceptors (Lipinski definition) is 0. The van der Waals surface area contributed by atoms with Gasteiger partial charge in [0.05, 0.1) is 0 Å². The number of nitrogens with zero attached hydrogens (tertiary/aromatic N) is 1. The van der Waals surface area contributed by atoms with Crippen LogP contribution < -0.4 is 0 Å². The van der Waals surface area contributed by atoms with E-state index < -0.39 is 0 Å². The summed E-state index contributed by atoms with van der Waals surface area (Å²) in [5, 5.41) is 0. The van der Waals surface area contributed by atoms with Crippen molar-refractivity contribution in [3.8, 4) is 0 Å². The minimum absolute atomic E-state index is 0.244. The highest BCUT2D eigenvalue weighted by atomic mass is 15.1. The summed E-state index contributed by atoms with van der Waals surface area (Å²) in [5.41, 5.74) is 2.10. The number of hydrogen-bond donors (Lipinski definition) is 0. The molecular formula is C15H28N+. The van der Waals surface area contributed by atoms with Crippen LogP contribution in [0.2, 0.25) is 0 Å². The molecule has 0 amide bonds. The lowest BCUT2D eigenvalue weighted by atomic mass is 9.85. The van der Waals surface area contributed by atoms with E-state index in [0.717, 1.165) is 6.42 Å². The molecule has 0 aromatic heterocycles. The number of rotatable bonds is 0. The molecule has 1 nitrogen and oxygen atoms in total. The van der Waals surface area contributed by atoms with Crippen LogP contribution in [0.1, 0.15) is 60.8 Å². The lowest BCUT2D eigenvalue weighted by Gasteiger charge is -2.28. The zero-order valence-corrected chi connectivity index (χ0v) is 11.9. The van der Waals surface area contributed by atoms with Gasteiger partial charge >= 0.3 is 0 Å². The molecule has 1 aliphatic heterocycles. The van der Waals surface area contributed by atoms with Gasteiger partial charge in [-0.05, 0) is 27.2 Å². The molecule has 0 spiro atoms. The SMILES string of the molecule is CC(C)(C)C1=[N+](C(C)(C)C)CCC/C=C\C1. The molecule has 1 rings (SSSR count). The van der Waals surface area contributed by atoms with Crippen molar-refractivity contribution >= 4 is 5.71 Å². The van der Waals surface area contributed by atoms with Gasteiger partial charge in [0.2, 0.25) is 0 Å². The third kappa shape index (κ3) is 3.47. The van der Waals surface area contributed by atoms with Crippen molar-refractivity contribution in [2.75, 3.05) is 6.54 Å². The van der Waals surface area contributed by atoms with Crippen molar-refractivity contribution < 1.29 is 4.58 Å². The zero-order chi connectivity index (χ0) is 12.4. The molecule has 0 N–H and O–H groups in total. The van der Waals surface area contributed by atoms with Crippen LogP contribution in [0.3, 0.4) is 0 Å². The van der Waals surface area contributed by atoms with Gasteiger partial charge < -0.3 is 0 Å². The highest BCUT2D eigenvalue weighted by Gasteiger charge is 2.34. The Bertz CT molecular complexity index is 294. The van der Waals surface area contributed by atoms with Crippen LogP contribution in [0.5, 0.6) is 0 Å². The van der Waals surface area contributed by atoms with Gasteiger partial charge in [0.25, 0.3) is 0 Å². The molecule has 1 heterocycles. The van der Waals surface area contributed by atoms with Crippen LogP contribution in [0.4, 0.5) is 0 Å². The van der Waals surface area contributed by atoms with Gasteiger partial charge in [0.1, 0.15) is 6.54 Å². The molecule has 0 atom stereocenters. The predicted molar refractivity (Wildman–Crippen MR) is 72.3 cm³/mol. The third-order valence-electron chi connectivity index (χ3n) is 3.23. The monoisotopic (exact) mass is 222 g/mol. The first kappa shape index (κ1) is 13.5. The summed E-state index contributed by atoms with van der Waals surface area (Å²) in [6.07, 6.45) is 8.29. The highest BCUT2D eigenvalue weighted by molar-refractivity contribution is 5.86. The van der Waals surface area contributed by atoms with E-state index in [9.17, 15) is 0 Å². The van der Waals surface area contributed by atoms with Crippen molar-refractivity contribution in [3.63, 3.8) is 0 Å². The van der Waals surface area contributed by atoms with Gasteiger partial charge in [-0.2, -0.15) is 0 Å². The van der Waals surface area contributed by atoms with Gasteiger partial charge in [-0.3, -0.25) is 0 Å². The van der Waals surface area contributed by atoms with Gasteiger partial charge in [0, 0.05) is 18.3 Å². The summed E-state index contributed by atoms with van der Waals surface area (Å²) in [7, 11) is 0. The van der Waals surface area contributed by atoms with Gasteiger partial charge in [-0.25, -0.2) is 4.58 Å². The molecule has 0 saturated carbocycles. The smallest absolute Gasteiger partial charge is 0.161 e. The predicted octanol–water partition coefficient (Wildman–Crippen LogP) is 4.02. The average molecular weight is 222 g/mol. The molecule has 0 fully saturated rings. The lowest BCUT2D eigenvalue weighted by molar-refractivity contribution is -0.601. The Morgan fingerprint density at radius 2 is 1.62 bits per heavy atom. The van der Waals surface area contributed by atoms with Crippen LogP contribution in [0.15, 0.2) is 12.2 Å². The molecule has 16 heavy (non-hydrogen) atoms. The second-order valence-corrected chi connectivity index (χ2v) is 6.84. The molecule has 0 aliphatic carbocycles. The van der Waals surface area contributed by atoms with Gasteiger partial charge in [-0.15, -0.1) is 0 Å². The molecule has 0 radical (unpaired) electrons. The molecule has 0 unspecified atom stereocenters. The van der Waals surface area contributed by atoms with E-state index in [1.165, 1.54) is 19.4 Å². The maximum Gasteiger partial charge on any atom is 0.161 e. The van der Waals surface area contributed by atoms with Crippen LogP contribution in [0.25, 0.3) is 0 Å². The first-order valence-corrected chi connectivity index (χ1v) is 6.52. The maximum atomic E-state index is 2.62. The fourth-order valence-electron chi connectivity index (χ4n) is 2.38. The largest absolute Gasteiger partial charge is 0.232 e. The lowest BCUT2D eigenvalue weighted by Crippen LogP contribution is -2.43. The van der Waals surface area contributed by atoms with Crippen molar-refractivity contribution in [2.24, 2.45) is 5.41 Å². The first-order chi connectivity index (χ1) is 7.23. The minimum Gasteiger partial charge on any atom is -0.232 e. The van der Waals surface area contributed by atoms with Crippen molar-refractivity contribution in [3.05, 3.63) is 12.2 Å². The van der Waals surface area contributed by atoms with E-state index in [1.54, 1.807) is 5.71 Å². The summed E-state index contributed by atoms with van der Waals surface area (Å²) in [6.45, 7) is 15.2. The van der Waals surface area contributed by atoms with Crippen molar-refractivity contribution in [1.29, 1.82) is 0 Å². The van der Waals surface area contributed by atoms with E-state index in [0.29, 0.717) is 0 Å². The molecule has 92 valence electrons. The fourth-order valence-corrected chi connectivity index (χ4v) is 2.38. The average Bonchev–Trinajstić information content (AvgIpc) is 1.96. The van der Waals surface area contributed by atoms with Crippen molar-refractivity contribution in [2.45, 2.75) is 66.3 Å². The Morgan fingerprint density at radius 3 is 2.12 bits per heavy atom. The molecule has 1 heteroatoms. The summed E-state index contributed by atoms with van der Waals surface area (Å²) >= 11 is 0. The molecule has 0 saturated heterocycles. The molecule has 0 aromatic rings. The third-order valence-corrected chi connectivity index (χ3v) is 3.23. The second-order valence-electron chi connectivity index (χ2n) is 6.84. The first-order valence-electron chi connectivity index (χ1n) is 6.52. The Hall–Kier alpha value is -0.590. The molecule has 0 aromatic carbocycles. The second kappa shape index (κ2) is 4.73. The highest BCUT2D eigenvalue weighted by Crippen LogP contribution is 2.24. The topological polar surface area (TPSA) is 3.01 Å². The summed E-state index contributed by atoms with van der Waals surface area (Å²) < 4.78 is 2.62. The maximum absolute atomic E-state index is 2.62. The van der Waals surface area contributed by atoms with E-state index in [2.05, 4.69) is 58.3 Å². The molecule has 0 bridgehead atoms. The van der Waals surface area contributed by atoms with Crippen LogP contribution in [0, 0.1) is 5.41 Å². The van der Waals surface area contributed by atoms with Gasteiger partial charge in [0.15, 0.2) is 11.3 Å². The molecule has 1 aliphatic rings. The van der Waals surface area contributed by atoms with E-state index in [4.69, 9.17) is 0 Å². The zero-order valence-electron chi connectivity index (χ0n) is 11.9. The van der Waals surface area contributed by atoms with Gasteiger partial charge in [-0.1, -0.05) is 32.9 Å². The fraction of sp³-hybridized carbons (Fsp3) is 0.800. The Kier molecular flexibility index (Phi) is 3.98. The van der Waals surface area contributed by atoms with Crippen LogP contribution in [-0.2, 0) is 0 Å². The van der Waals surface area contributed by atoms with E-state index >= 15 is 0 Å². The van der Waals surface area contributed by atoms with Crippen molar-refractivity contribution in [1.82, 2.24) is 0 Å². The Labute approximate surface area is 101 Å². The Balaban J connectivity index is 3.19. The quantitative estimate of drug-likeness (QED) is 0.430. The normalized spacial score (nSPS) is 21.6. The van der Waals surface area contributed by atoms with E-state index in [1.807, 2.05) is 0 Å². The minimum atomic E-state index is 0.244. The van der Waals surface area contributed by atoms with Crippen LogP contribution >= 0.6 is 0 Å². The summed E-state index contributed by atoms with van der Waals surface area (Å²) in [6, 6.07) is 0. The van der Waals surface area contributed by atoms with Crippen LogP contribution in [-0.4, -0.2) is 22.4 Å². The standard InChI is InChI=1S/C15H28N/c1-14(2,3)13-11-9-7-8-10-12-16(13)15(4,5)6/h7,9H,8,10-12H2,1-6H3/q+1/b9-7-,16-13?. The number of allylic oxidation sites excluding steroid dienone is 2. The summed E-state index contributed by atoms with van der Waals surface area (Å²) in [4.78, 5) is 0.